The largest absolute Gasteiger partial charge is 1.00 e. The second kappa shape index (κ2) is 8.91. The Morgan fingerprint density at radius 2 is 1.33 bits per heavy atom. The van der Waals surface area contributed by atoms with E-state index < -0.39 is 10.4 Å². The summed E-state index contributed by atoms with van der Waals surface area (Å²) >= 11 is 0. The Hall–Kier alpha value is 0.906. The molecule has 2 N–H and O–H groups in total. The summed E-state index contributed by atoms with van der Waals surface area (Å²) in [6, 6.07) is 0. The summed E-state index contributed by atoms with van der Waals surface area (Å²) in [5, 5.41) is 9.00. The monoisotopic (exact) mass is 183 g/mol. The predicted molar refractivity (Wildman–Crippen MR) is 23.3 cm³/mol. The van der Waals surface area contributed by atoms with Crippen LogP contribution in [0.3, 0.4) is 0 Å². The van der Waals surface area contributed by atoms with E-state index in [2.05, 4.69) is 0 Å². The van der Waals surface area contributed by atoms with Crippen molar-refractivity contribution in [3.8, 4) is 0 Å². The molecular formula is H2KNO6S. The second-order valence-corrected chi connectivity index (χ2v) is 1.42. The van der Waals surface area contributed by atoms with Crippen LogP contribution in [0.1, 0.15) is 0 Å². The Morgan fingerprint density at radius 3 is 1.33 bits per heavy atom. The van der Waals surface area contributed by atoms with Gasteiger partial charge in [0, 0.05) is 0 Å². The molecule has 0 radical (unpaired) electrons. The second-order valence-electron chi connectivity index (χ2n) is 0.522. The molecular weight excluding hydrogens is 181 g/mol. The predicted octanol–water partition coefficient (Wildman–Crippen LogP) is -3.40. The number of rotatable bonds is 0. The first-order valence-electron chi connectivity index (χ1n) is 1.06. The van der Waals surface area contributed by atoms with Crippen LogP contribution >= 0.6 is 0 Å². The van der Waals surface area contributed by atoms with Crippen LogP contribution in [0, 0.1) is 10.1 Å². The third-order valence-corrected chi connectivity index (χ3v) is 0. The molecule has 0 aliphatic rings. The van der Waals surface area contributed by atoms with E-state index in [0.29, 0.717) is 0 Å². The summed E-state index contributed by atoms with van der Waals surface area (Å²) < 4.78 is 31.6. The number of nitrogens with zero attached hydrogens (tertiary/aromatic N) is 1. The molecule has 0 spiro atoms. The van der Waals surface area contributed by atoms with Gasteiger partial charge in [0.25, 0.3) is 0 Å². The van der Waals surface area contributed by atoms with E-state index >= 15 is 0 Å². The smallest absolute Gasteiger partial charge is 0.444 e. The number of hydrogen-bond acceptors (Lipinski definition) is 5. The van der Waals surface area contributed by atoms with Gasteiger partial charge in [0.1, 0.15) is 0 Å². The van der Waals surface area contributed by atoms with Crippen molar-refractivity contribution in [1.82, 2.24) is 0 Å². The van der Waals surface area contributed by atoms with E-state index in [1.165, 1.54) is 0 Å². The molecule has 0 atom stereocenters. The SMILES string of the molecule is O=N[O-].O=S(=O)(O)O.[K+]. The molecule has 0 saturated heterocycles. The van der Waals surface area contributed by atoms with Gasteiger partial charge in [-0.05, 0) is 0 Å². The summed E-state index contributed by atoms with van der Waals surface area (Å²) in [5.74, 6) is 0. The molecule has 0 aromatic carbocycles. The third-order valence-electron chi connectivity index (χ3n) is 0. The molecule has 0 bridgehead atoms. The topological polar surface area (TPSA) is 127 Å². The normalized spacial score (nSPS) is 7.78. The van der Waals surface area contributed by atoms with Gasteiger partial charge in [0.2, 0.25) is 0 Å². The molecule has 0 unspecified atom stereocenters. The standard InChI is InChI=1S/K.HNO2.H2O4S/c;2-1-3;1-5(2,3)4/h;(H,2,3);(H2,1,2,3,4)/q+1;;/p-1. The maximum absolute atomic E-state index is 8.74. The van der Waals surface area contributed by atoms with Crippen LogP contribution in [0.2, 0.25) is 0 Å². The van der Waals surface area contributed by atoms with Crippen molar-refractivity contribution in [3.63, 3.8) is 0 Å². The van der Waals surface area contributed by atoms with Gasteiger partial charge >= 0.3 is 61.8 Å². The maximum Gasteiger partial charge on any atom is 1.00 e. The van der Waals surface area contributed by atoms with Crippen molar-refractivity contribution in [2.75, 3.05) is 0 Å². The van der Waals surface area contributed by atoms with E-state index in [1.807, 2.05) is 0 Å². The molecule has 0 aromatic heterocycles. The van der Waals surface area contributed by atoms with Crippen molar-refractivity contribution in [3.05, 3.63) is 10.1 Å². The fraction of sp³-hybridized carbons (Fsp3) is 0. The van der Waals surface area contributed by atoms with Crippen molar-refractivity contribution in [1.29, 1.82) is 0 Å². The summed E-state index contributed by atoms with van der Waals surface area (Å²) in [6.07, 6.45) is 0. The first-order chi connectivity index (χ1) is 3.41. The Labute approximate surface area is 93.4 Å². The zero-order valence-electron chi connectivity index (χ0n) is 4.38. The molecule has 0 aromatic rings. The first-order valence-corrected chi connectivity index (χ1v) is 2.46. The zero-order chi connectivity index (χ0) is 7.21. The van der Waals surface area contributed by atoms with Crippen molar-refractivity contribution in [2.24, 2.45) is 5.34 Å². The molecule has 0 rings (SSSR count). The van der Waals surface area contributed by atoms with Crippen molar-refractivity contribution >= 4 is 10.4 Å². The van der Waals surface area contributed by atoms with Crippen LogP contribution in [0.5, 0.6) is 0 Å². The van der Waals surface area contributed by atoms with Gasteiger partial charge in [-0.15, -0.1) is 5.34 Å². The van der Waals surface area contributed by atoms with Crippen LogP contribution in [0.25, 0.3) is 0 Å². The minimum Gasteiger partial charge on any atom is -0.444 e. The van der Waals surface area contributed by atoms with Gasteiger partial charge in [-0.25, -0.2) is 0 Å². The molecule has 7 nitrogen and oxygen atoms in total. The molecule has 0 fully saturated rings. The van der Waals surface area contributed by atoms with Crippen LogP contribution < -0.4 is 51.4 Å². The van der Waals surface area contributed by atoms with E-state index in [0.717, 1.165) is 5.34 Å². The zero-order valence-corrected chi connectivity index (χ0v) is 8.32. The Morgan fingerprint density at radius 1 is 1.33 bits per heavy atom. The minimum absolute atomic E-state index is 0. The number of hydrogen-bond donors (Lipinski definition) is 2. The molecule has 9 heteroatoms. The first kappa shape index (κ1) is 16.5. The summed E-state index contributed by atoms with van der Waals surface area (Å²) in [6.45, 7) is 0. The molecule has 0 heterocycles. The van der Waals surface area contributed by atoms with E-state index in [1.54, 1.807) is 0 Å². The third kappa shape index (κ3) is 517. The van der Waals surface area contributed by atoms with Crippen LogP contribution in [-0.2, 0) is 10.4 Å². The summed E-state index contributed by atoms with van der Waals surface area (Å²) in [5.41, 5.74) is 0. The van der Waals surface area contributed by atoms with E-state index in [4.69, 9.17) is 27.6 Å². The van der Waals surface area contributed by atoms with Crippen LogP contribution in [0.15, 0.2) is 5.34 Å². The average molecular weight is 183 g/mol. The Bertz CT molecular complexity index is 127. The van der Waals surface area contributed by atoms with Gasteiger partial charge in [-0.1, -0.05) is 0 Å². The van der Waals surface area contributed by atoms with Crippen LogP contribution in [-0.4, -0.2) is 17.5 Å². The fourth-order valence-corrected chi connectivity index (χ4v) is 0. The fourth-order valence-electron chi connectivity index (χ4n) is 0. The van der Waals surface area contributed by atoms with Gasteiger partial charge in [0.15, 0.2) is 0 Å². The van der Waals surface area contributed by atoms with Gasteiger partial charge in [-0.3, -0.25) is 9.11 Å². The van der Waals surface area contributed by atoms with Crippen LogP contribution in [0.4, 0.5) is 0 Å². The summed E-state index contributed by atoms with van der Waals surface area (Å²) in [4.78, 5) is 8.00. The van der Waals surface area contributed by atoms with E-state index in [9.17, 15) is 0 Å². The van der Waals surface area contributed by atoms with E-state index in [-0.39, 0.29) is 51.4 Å². The van der Waals surface area contributed by atoms with Gasteiger partial charge in [-0.2, -0.15) is 8.42 Å². The molecule has 50 valence electrons. The quantitative estimate of drug-likeness (QED) is 0.174. The molecule has 0 saturated carbocycles. The van der Waals surface area contributed by atoms with Crippen molar-refractivity contribution < 1.29 is 68.9 Å². The molecule has 0 aliphatic carbocycles. The maximum atomic E-state index is 8.74. The minimum atomic E-state index is -4.67. The van der Waals surface area contributed by atoms with Crippen molar-refractivity contribution in [2.45, 2.75) is 0 Å². The van der Waals surface area contributed by atoms with Gasteiger partial charge in [0.05, 0.1) is 0 Å². The molecule has 0 amide bonds. The van der Waals surface area contributed by atoms with Gasteiger partial charge < -0.3 is 10.1 Å². The molecule has 9 heavy (non-hydrogen) atoms. The summed E-state index contributed by atoms with van der Waals surface area (Å²) in [7, 11) is -4.67. The molecule has 0 aliphatic heterocycles. The Kier molecular flexibility index (Phi) is 16.3. The average Bonchev–Trinajstić information content (AvgIpc) is 1.27. The Balaban J connectivity index is -0.0000000800.